The fraction of sp³-hybridized carbons (Fsp3) is 0.450. The molecule has 1 fully saturated rings. The summed E-state index contributed by atoms with van der Waals surface area (Å²) in [7, 11) is 3.45. The summed E-state index contributed by atoms with van der Waals surface area (Å²) >= 11 is 0. The number of urea groups is 1. The van der Waals surface area contributed by atoms with Gasteiger partial charge in [0.15, 0.2) is 0 Å². The van der Waals surface area contributed by atoms with Gasteiger partial charge in [-0.05, 0) is 49.4 Å². The molecule has 1 aliphatic rings. The highest BCUT2D eigenvalue weighted by Gasteiger charge is 2.24. The van der Waals surface area contributed by atoms with Crippen LogP contribution in [0.15, 0.2) is 36.9 Å². The zero-order chi connectivity index (χ0) is 19.4. The van der Waals surface area contributed by atoms with Crippen molar-refractivity contribution in [2.45, 2.75) is 26.3 Å². The number of hydrogen-bond acceptors (Lipinski definition) is 3. The number of piperidine rings is 1. The molecule has 1 saturated heterocycles. The van der Waals surface area contributed by atoms with E-state index in [1.807, 2.05) is 30.4 Å². The molecule has 1 aliphatic heterocycles. The van der Waals surface area contributed by atoms with Crippen LogP contribution < -0.4 is 5.32 Å². The van der Waals surface area contributed by atoms with Crippen LogP contribution in [0.3, 0.4) is 0 Å². The summed E-state index contributed by atoms with van der Waals surface area (Å²) in [5.74, 6) is 0.384. The number of hydrogen-bond donors (Lipinski definition) is 1. The Hall–Kier alpha value is -2.83. The van der Waals surface area contributed by atoms with Crippen LogP contribution in [0.2, 0.25) is 0 Å². The topological polar surface area (TPSA) is 70.5 Å². The lowest BCUT2D eigenvalue weighted by molar-refractivity contribution is 0.0827. The first-order valence-corrected chi connectivity index (χ1v) is 9.28. The summed E-state index contributed by atoms with van der Waals surface area (Å²) in [6.45, 7) is 4.28. The van der Waals surface area contributed by atoms with Crippen LogP contribution in [0.1, 0.15) is 28.8 Å². The number of aromatic nitrogens is 2. The highest BCUT2D eigenvalue weighted by atomic mass is 16.2. The molecule has 0 radical (unpaired) electrons. The molecule has 1 atom stereocenters. The molecule has 3 amide bonds. The second-order valence-electron chi connectivity index (χ2n) is 7.37. The molecule has 2 aromatic rings. The smallest absolute Gasteiger partial charge is 0.321 e. The molecule has 0 aliphatic carbocycles. The highest BCUT2D eigenvalue weighted by Crippen LogP contribution is 2.21. The van der Waals surface area contributed by atoms with Gasteiger partial charge < -0.3 is 19.7 Å². The predicted octanol–water partition coefficient (Wildman–Crippen LogP) is 2.84. The van der Waals surface area contributed by atoms with Gasteiger partial charge in [-0.15, -0.1) is 0 Å². The minimum absolute atomic E-state index is 0.0469. The van der Waals surface area contributed by atoms with Crippen LogP contribution in [0.4, 0.5) is 10.5 Å². The van der Waals surface area contributed by atoms with E-state index in [2.05, 4.69) is 14.9 Å². The number of carbonyl (C=O) groups excluding carboxylic acids is 2. The van der Waals surface area contributed by atoms with E-state index >= 15 is 0 Å². The summed E-state index contributed by atoms with van der Waals surface area (Å²) in [5, 5.41) is 3.00. The average molecular weight is 369 g/mol. The van der Waals surface area contributed by atoms with Gasteiger partial charge in [0, 0.05) is 57.4 Å². The maximum absolute atomic E-state index is 12.7. The predicted molar refractivity (Wildman–Crippen MR) is 105 cm³/mol. The van der Waals surface area contributed by atoms with E-state index in [1.54, 1.807) is 37.3 Å². The first-order chi connectivity index (χ1) is 12.9. The SMILES string of the molecule is Cc1cc(C(=O)N(C)C)ccc1NC(=O)N1CCC[C@@H](Cn2ccnc2)C1. The van der Waals surface area contributed by atoms with Crippen LogP contribution in [-0.2, 0) is 6.54 Å². The Morgan fingerprint density at radius 1 is 1.33 bits per heavy atom. The average Bonchev–Trinajstić information content (AvgIpc) is 3.15. The van der Waals surface area contributed by atoms with Crippen molar-refractivity contribution < 1.29 is 9.59 Å². The van der Waals surface area contributed by atoms with E-state index in [4.69, 9.17) is 0 Å². The van der Waals surface area contributed by atoms with E-state index in [0.29, 0.717) is 11.5 Å². The van der Waals surface area contributed by atoms with E-state index in [1.165, 1.54) is 0 Å². The monoisotopic (exact) mass is 369 g/mol. The third kappa shape index (κ3) is 4.67. The maximum Gasteiger partial charge on any atom is 0.321 e. The van der Waals surface area contributed by atoms with Gasteiger partial charge in [-0.25, -0.2) is 9.78 Å². The molecule has 1 N–H and O–H groups in total. The molecular formula is C20H27N5O2. The van der Waals surface area contributed by atoms with Crippen LogP contribution in [0.5, 0.6) is 0 Å². The van der Waals surface area contributed by atoms with Crippen molar-refractivity contribution in [1.82, 2.24) is 19.4 Å². The van der Waals surface area contributed by atoms with Crippen molar-refractivity contribution in [3.05, 3.63) is 48.0 Å². The van der Waals surface area contributed by atoms with Gasteiger partial charge in [-0.2, -0.15) is 0 Å². The number of nitrogens with zero attached hydrogens (tertiary/aromatic N) is 4. The summed E-state index contributed by atoms with van der Waals surface area (Å²) in [4.78, 5) is 32.3. The van der Waals surface area contributed by atoms with Crippen molar-refractivity contribution in [3.8, 4) is 0 Å². The Kier molecular flexibility index (Phi) is 5.78. The number of imidazole rings is 1. The van der Waals surface area contributed by atoms with Gasteiger partial charge in [0.1, 0.15) is 0 Å². The standard InChI is InChI=1S/C20H27N5O2/c1-15-11-17(19(26)23(2)3)6-7-18(15)22-20(27)25-9-4-5-16(13-25)12-24-10-8-21-14-24/h6-8,10-11,14,16H,4-5,9,12-13H2,1-3H3,(H,22,27)/t16-/m0/s1. The van der Waals surface area contributed by atoms with E-state index < -0.39 is 0 Å². The molecule has 7 heteroatoms. The second-order valence-corrected chi connectivity index (χ2v) is 7.37. The van der Waals surface area contributed by atoms with Crippen LogP contribution in [-0.4, -0.2) is 58.5 Å². The minimum atomic E-state index is -0.0832. The zero-order valence-corrected chi connectivity index (χ0v) is 16.2. The Balaban J connectivity index is 1.61. The highest BCUT2D eigenvalue weighted by molar-refractivity contribution is 5.96. The van der Waals surface area contributed by atoms with E-state index in [-0.39, 0.29) is 11.9 Å². The van der Waals surface area contributed by atoms with Crippen molar-refractivity contribution >= 4 is 17.6 Å². The third-order valence-electron chi connectivity index (χ3n) is 4.96. The van der Waals surface area contributed by atoms with E-state index in [9.17, 15) is 9.59 Å². The lowest BCUT2D eigenvalue weighted by Gasteiger charge is -2.33. The van der Waals surface area contributed by atoms with Gasteiger partial charge in [0.2, 0.25) is 0 Å². The largest absolute Gasteiger partial charge is 0.345 e. The van der Waals surface area contributed by atoms with Crippen LogP contribution in [0, 0.1) is 12.8 Å². The number of likely N-dealkylation sites (tertiary alicyclic amines) is 1. The molecule has 144 valence electrons. The van der Waals surface area contributed by atoms with Gasteiger partial charge in [-0.3, -0.25) is 4.79 Å². The number of benzene rings is 1. The normalized spacial score (nSPS) is 16.9. The molecule has 0 unspecified atom stereocenters. The molecule has 2 heterocycles. The Morgan fingerprint density at radius 3 is 2.81 bits per heavy atom. The maximum atomic E-state index is 12.7. The number of carbonyl (C=O) groups is 2. The van der Waals surface area contributed by atoms with Crippen molar-refractivity contribution in [2.24, 2.45) is 5.92 Å². The fourth-order valence-electron chi connectivity index (χ4n) is 3.48. The molecule has 0 saturated carbocycles. The van der Waals surface area contributed by atoms with Gasteiger partial charge in [-0.1, -0.05) is 0 Å². The molecule has 1 aromatic carbocycles. The van der Waals surface area contributed by atoms with Gasteiger partial charge in [0.25, 0.3) is 5.91 Å². The van der Waals surface area contributed by atoms with Gasteiger partial charge >= 0.3 is 6.03 Å². The van der Waals surface area contributed by atoms with Crippen molar-refractivity contribution in [3.63, 3.8) is 0 Å². The summed E-state index contributed by atoms with van der Waals surface area (Å²) in [6, 6.07) is 5.29. The first-order valence-electron chi connectivity index (χ1n) is 9.28. The third-order valence-corrected chi connectivity index (χ3v) is 4.96. The lowest BCUT2D eigenvalue weighted by Crippen LogP contribution is -2.43. The number of amides is 3. The Labute approximate surface area is 160 Å². The molecule has 0 spiro atoms. The number of rotatable bonds is 4. The zero-order valence-electron chi connectivity index (χ0n) is 16.2. The summed E-state index contributed by atoms with van der Waals surface area (Å²) in [5.41, 5.74) is 2.24. The van der Waals surface area contributed by atoms with Crippen molar-refractivity contribution in [1.29, 1.82) is 0 Å². The Bertz CT molecular complexity index is 801. The van der Waals surface area contributed by atoms with Crippen LogP contribution >= 0.6 is 0 Å². The lowest BCUT2D eigenvalue weighted by atomic mass is 9.98. The Morgan fingerprint density at radius 2 is 2.15 bits per heavy atom. The summed E-state index contributed by atoms with van der Waals surface area (Å²) in [6.07, 6.45) is 7.67. The number of nitrogens with one attached hydrogen (secondary N) is 1. The molecule has 7 nitrogen and oxygen atoms in total. The number of aryl methyl sites for hydroxylation is 1. The van der Waals surface area contributed by atoms with Gasteiger partial charge in [0.05, 0.1) is 6.33 Å². The molecule has 3 rings (SSSR count). The van der Waals surface area contributed by atoms with Crippen LogP contribution in [0.25, 0.3) is 0 Å². The number of anilines is 1. The second kappa shape index (κ2) is 8.24. The first kappa shape index (κ1) is 18.9. The fourth-order valence-corrected chi connectivity index (χ4v) is 3.48. The molecule has 1 aromatic heterocycles. The molecule has 0 bridgehead atoms. The minimum Gasteiger partial charge on any atom is -0.345 e. The molecule has 27 heavy (non-hydrogen) atoms. The van der Waals surface area contributed by atoms with E-state index in [0.717, 1.165) is 43.7 Å². The van der Waals surface area contributed by atoms with Crippen molar-refractivity contribution in [2.75, 3.05) is 32.5 Å². The quantitative estimate of drug-likeness (QED) is 0.901. The summed E-state index contributed by atoms with van der Waals surface area (Å²) < 4.78 is 2.07. The molecular weight excluding hydrogens is 342 g/mol.